The molecule has 17 heavy (non-hydrogen) atoms. The number of β-amino-alcohol motifs (C(OH)–C–C–N with tert-alkyl or cyclic N) is 1. The van der Waals surface area contributed by atoms with Crippen molar-refractivity contribution < 1.29 is 9.90 Å². The molecule has 0 bridgehead atoms. The third-order valence-electron chi connectivity index (χ3n) is 3.04. The number of hydrogen-bond donors (Lipinski definition) is 1. The Kier molecular flexibility index (Phi) is 3.45. The van der Waals surface area contributed by atoms with E-state index in [9.17, 15) is 9.90 Å². The molecule has 2 rings (SSSR count). The maximum absolute atomic E-state index is 12.3. The first-order valence-corrected chi connectivity index (χ1v) is 6.21. The van der Waals surface area contributed by atoms with Crippen LogP contribution in [-0.4, -0.2) is 39.7 Å². The smallest absolute Gasteiger partial charge is 0.270 e. The summed E-state index contributed by atoms with van der Waals surface area (Å²) in [5.74, 6) is -0.0536. The Bertz CT molecular complexity index is 428. The number of halogens is 1. The Hall–Kier alpha value is -1.00. The van der Waals surface area contributed by atoms with E-state index in [0.29, 0.717) is 30.2 Å². The summed E-state index contributed by atoms with van der Waals surface area (Å²) in [4.78, 5) is 13.9. The number of amides is 1. The Morgan fingerprint density at radius 3 is 2.82 bits per heavy atom. The minimum absolute atomic E-state index is 0.0536. The monoisotopic (exact) mass is 256 g/mol. The van der Waals surface area contributed by atoms with E-state index >= 15 is 0 Å². The van der Waals surface area contributed by atoms with Gasteiger partial charge in [0, 0.05) is 25.3 Å². The number of aliphatic hydroxyl groups is 1. The third kappa shape index (κ3) is 2.48. The van der Waals surface area contributed by atoms with E-state index in [1.54, 1.807) is 17.2 Å². The van der Waals surface area contributed by atoms with Gasteiger partial charge in [-0.05, 0) is 26.3 Å². The number of carbonyl (C=O) groups is 1. The molecule has 1 unspecified atom stereocenters. The molecule has 1 aliphatic rings. The first kappa shape index (κ1) is 12.5. The lowest BCUT2D eigenvalue weighted by Crippen LogP contribution is -2.31. The fraction of sp³-hybridized carbons (Fsp3) is 0.583. The van der Waals surface area contributed by atoms with Gasteiger partial charge in [-0.1, -0.05) is 11.6 Å². The van der Waals surface area contributed by atoms with E-state index in [0.717, 1.165) is 0 Å². The zero-order valence-electron chi connectivity index (χ0n) is 10.1. The van der Waals surface area contributed by atoms with E-state index in [2.05, 4.69) is 0 Å². The highest BCUT2D eigenvalue weighted by molar-refractivity contribution is 6.31. The average molecular weight is 257 g/mol. The number of hydrogen-bond acceptors (Lipinski definition) is 2. The van der Waals surface area contributed by atoms with Crippen LogP contribution >= 0.6 is 11.6 Å². The molecule has 0 aliphatic carbocycles. The summed E-state index contributed by atoms with van der Waals surface area (Å²) in [5.41, 5.74) is 0.596. The molecule has 1 aromatic heterocycles. The number of carbonyl (C=O) groups excluding carboxylic acids is 1. The lowest BCUT2D eigenvalue weighted by molar-refractivity contribution is 0.0753. The minimum Gasteiger partial charge on any atom is -0.391 e. The van der Waals surface area contributed by atoms with Gasteiger partial charge < -0.3 is 14.6 Å². The predicted molar refractivity (Wildman–Crippen MR) is 66.4 cm³/mol. The van der Waals surface area contributed by atoms with Crippen LogP contribution in [0.1, 0.15) is 36.8 Å². The van der Waals surface area contributed by atoms with Crippen molar-refractivity contribution in [2.45, 2.75) is 32.4 Å². The van der Waals surface area contributed by atoms with Gasteiger partial charge in [0.05, 0.1) is 11.1 Å². The van der Waals surface area contributed by atoms with Crippen LogP contribution in [0.25, 0.3) is 0 Å². The van der Waals surface area contributed by atoms with E-state index in [-0.39, 0.29) is 11.9 Å². The van der Waals surface area contributed by atoms with Crippen molar-refractivity contribution in [1.82, 2.24) is 9.47 Å². The van der Waals surface area contributed by atoms with Gasteiger partial charge in [-0.25, -0.2) is 0 Å². The van der Waals surface area contributed by atoms with Gasteiger partial charge in [-0.3, -0.25) is 4.79 Å². The fourth-order valence-corrected chi connectivity index (χ4v) is 2.34. The second kappa shape index (κ2) is 4.70. The first-order valence-electron chi connectivity index (χ1n) is 5.83. The SMILES string of the molecule is CC(C)n1cc(Cl)cc1C(=O)N1CCC(O)C1. The summed E-state index contributed by atoms with van der Waals surface area (Å²) < 4.78 is 1.87. The van der Waals surface area contributed by atoms with Crippen LogP contribution in [0.15, 0.2) is 12.3 Å². The van der Waals surface area contributed by atoms with Crippen LogP contribution in [0.2, 0.25) is 5.02 Å². The van der Waals surface area contributed by atoms with Gasteiger partial charge in [0.1, 0.15) is 5.69 Å². The van der Waals surface area contributed by atoms with Crippen LogP contribution in [0.4, 0.5) is 0 Å². The van der Waals surface area contributed by atoms with E-state index in [1.165, 1.54) is 0 Å². The van der Waals surface area contributed by atoms with Gasteiger partial charge in [0.2, 0.25) is 0 Å². The molecule has 1 saturated heterocycles. The van der Waals surface area contributed by atoms with Crippen molar-refractivity contribution in [3.8, 4) is 0 Å². The molecule has 1 aromatic rings. The maximum Gasteiger partial charge on any atom is 0.270 e. The Morgan fingerprint density at radius 2 is 2.29 bits per heavy atom. The summed E-state index contributed by atoms with van der Waals surface area (Å²) in [6.07, 6.45) is 2.03. The van der Waals surface area contributed by atoms with Crippen LogP contribution < -0.4 is 0 Å². The summed E-state index contributed by atoms with van der Waals surface area (Å²) in [6.45, 7) is 5.04. The fourth-order valence-electron chi connectivity index (χ4n) is 2.13. The number of aromatic nitrogens is 1. The molecule has 0 spiro atoms. The molecular formula is C12H17ClN2O2. The topological polar surface area (TPSA) is 45.5 Å². The standard InChI is InChI=1S/C12H17ClN2O2/c1-8(2)15-6-9(13)5-11(15)12(17)14-4-3-10(16)7-14/h5-6,8,10,16H,3-4,7H2,1-2H3. The number of rotatable bonds is 2. The number of aliphatic hydroxyl groups excluding tert-OH is 1. The molecule has 1 amide bonds. The van der Waals surface area contributed by atoms with Crippen molar-refractivity contribution in [3.05, 3.63) is 23.0 Å². The molecule has 1 fully saturated rings. The van der Waals surface area contributed by atoms with Gasteiger partial charge in [0.15, 0.2) is 0 Å². The lowest BCUT2D eigenvalue weighted by atomic mass is 10.3. The molecule has 2 heterocycles. The van der Waals surface area contributed by atoms with Crippen molar-refractivity contribution in [3.63, 3.8) is 0 Å². The number of likely N-dealkylation sites (tertiary alicyclic amines) is 1. The number of nitrogens with zero attached hydrogens (tertiary/aromatic N) is 2. The van der Waals surface area contributed by atoms with Crippen LogP contribution in [0, 0.1) is 0 Å². The maximum atomic E-state index is 12.3. The zero-order valence-corrected chi connectivity index (χ0v) is 10.8. The van der Waals surface area contributed by atoms with Crippen molar-refractivity contribution in [2.24, 2.45) is 0 Å². The highest BCUT2D eigenvalue weighted by atomic mass is 35.5. The van der Waals surface area contributed by atoms with Crippen molar-refractivity contribution >= 4 is 17.5 Å². The van der Waals surface area contributed by atoms with Crippen molar-refractivity contribution in [1.29, 1.82) is 0 Å². The summed E-state index contributed by atoms with van der Waals surface area (Å²) in [7, 11) is 0. The average Bonchev–Trinajstić information content (AvgIpc) is 2.83. The Labute approximate surface area is 106 Å². The minimum atomic E-state index is -0.392. The highest BCUT2D eigenvalue weighted by Gasteiger charge is 2.27. The summed E-state index contributed by atoms with van der Waals surface area (Å²) >= 11 is 5.95. The van der Waals surface area contributed by atoms with Gasteiger partial charge in [-0.2, -0.15) is 0 Å². The second-order valence-corrected chi connectivity index (χ2v) is 5.17. The molecule has 0 aromatic carbocycles. The lowest BCUT2D eigenvalue weighted by Gasteiger charge is -2.18. The molecule has 94 valence electrons. The van der Waals surface area contributed by atoms with E-state index < -0.39 is 6.10 Å². The highest BCUT2D eigenvalue weighted by Crippen LogP contribution is 2.22. The van der Waals surface area contributed by atoms with E-state index in [1.807, 2.05) is 18.4 Å². The van der Waals surface area contributed by atoms with Crippen LogP contribution in [0.3, 0.4) is 0 Å². The second-order valence-electron chi connectivity index (χ2n) is 4.74. The van der Waals surface area contributed by atoms with Crippen LogP contribution in [0.5, 0.6) is 0 Å². The molecular weight excluding hydrogens is 240 g/mol. The normalized spacial score (nSPS) is 20.3. The zero-order chi connectivity index (χ0) is 12.6. The molecule has 1 atom stereocenters. The van der Waals surface area contributed by atoms with Crippen molar-refractivity contribution in [2.75, 3.05) is 13.1 Å². The Morgan fingerprint density at radius 1 is 1.59 bits per heavy atom. The Balaban J connectivity index is 2.24. The first-order chi connectivity index (χ1) is 7.99. The predicted octanol–water partition coefficient (Wildman–Crippen LogP) is 1.93. The quantitative estimate of drug-likeness (QED) is 0.879. The molecule has 1 aliphatic heterocycles. The van der Waals surface area contributed by atoms with Gasteiger partial charge in [0.25, 0.3) is 5.91 Å². The van der Waals surface area contributed by atoms with Gasteiger partial charge >= 0.3 is 0 Å². The molecule has 4 nitrogen and oxygen atoms in total. The van der Waals surface area contributed by atoms with Gasteiger partial charge in [-0.15, -0.1) is 0 Å². The van der Waals surface area contributed by atoms with E-state index in [4.69, 9.17) is 11.6 Å². The summed E-state index contributed by atoms with van der Waals surface area (Å²) in [6, 6.07) is 1.88. The molecule has 1 N–H and O–H groups in total. The third-order valence-corrected chi connectivity index (χ3v) is 3.25. The largest absolute Gasteiger partial charge is 0.391 e. The molecule has 0 saturated carbocycles. The van der Waals surface area contributed by atoms with Crippen LogP contribution in [-0.2, 0) is 0 Å². The molecule has 5 heteroatoms. The summed E-state index contributed by atoms with van der Waals surface area (Å²) in [5, 5.41) is 10.0. The molecule has 0 radical (unpaired) electrons.